The molecular formula is C18H20N2O2. The van der Waals surface area contributed by atoms with Crippen LogP contribution < -0.4 is 10.2 Å². The highest BCUT2D eigenvalue weighted by molar-refractivity contribution is 5.92. The van der Waals surface area contributed by atoms with Gasteiger partial charge in [-0.15, -0.1) is 0 Å². The predicted octanol–water partition coefficient (Wildman–Crippen LogP) is 3.59. The molecule has 22 heavy (non-hydrogen) atoms. The molecule has 0 saturated carbocycles. The molecule has 4 heteroatoms. The van der Waals surface area contributed by atoms with Crippen molar-refractivity contribution in [2.75, 3.05) is 18.0 Å². The second-order valence-corrected chi connectivity index (χ2v) is 5.57. The highest BCUT2D eigenvalue weighted by atomic mass is 16.4. The van der Waals surface area contributed by atoms with Crippen molar-refractivity contribution in [3.8, 4) is 11.1 Å². The molecule has 1 amide bonds. The number of hydrogen-bond donors (Lipinski definition) is 2. The summed E-state index contributed by atoms with van der Waals surface area (Å²) in [5.74, 6) is 0. The van der Waals surface area contributed by atoms with Gasteiger partial charge in [-0.3, -0.25) is 4.90 Å². The zero-order valence-corrected chi connectivity index (χ0v) is 12.4. The fourth-order valence-corrected chi connectivity index (χ4v) is 2.98. The van der Waals surface area contributed by atoms with Crippen molar-refractivity contribution in [2.24, 2.45) is 0 Å². The van der Waals surface area contributed by atoms with Crippen molar-refractivity contribution in [3.05, 3.63) is 54.6 Å². The van der Waals surface area contributed by atoms with Gasteiger partial charge in [-0.25, -0.2) is 4.79 Å². The van der Waals surface area contributed by atoms with Gasteiger partial charge in [0.05, 0.1) is 5.69 Å². The highest BCUT2D eigenvalue weighted by Gasteiger charge is 2.24. The van der Waals surface area contributed by atoms with Crippen molar-refractivity contribution < 1.29 is 9.90 Å². The third-order valence-corrected chi connectivity index (χ3v) is 4.08. The largest absolute Gasteiger partial charge is 0.465 e. The van der Waals surface area contributed by atoms with Crippen LogP contribution in [-0.2, 0) is 0 Å². The van der Waals surface area contributed by atoms with Crippen LogP contribution in [-0.4, -0.2) is 30.3 Å². The first-order chi connectivity index (χ1) is 10.8. The Bertz CT molecular complexity index is 637. The number of nitrogens with zero attached hydrogens (tertiary/aromatic N) is 1. The summed E-state index contributed by atoms with van der Waals surface area (Å²) in [6.45, 7) is 1.46. The van der Waals surface area contributed by atoms with Gasteiger partial charge in [-0.1, -0.05) is 48.5 Å². The molecular weight excluding hydrogens is 276 g/mol. The molecule has 1 heterocycles. The SMILES string of the molecule is O=C(O)N(C[C@@H]1CCCN1)c1ccccc1-c1ccccc1. The van der Waals surface area contributed by atoms with Gasteiger partial charge in [0.2, 0.25) is 0 Å². The molecule has 0 spiro atoms. The first-order valence-electron chi connectivity index (χ1n) is 7.64. The minimum atomic E-state index is -0.905. The Labute approximate surface area is 130 Å². The summed E-state index contributed by atoms with van der Waals surface area (Å²) in [5, 5.41) is 13.0. The van der Waals surface area contributed by atoms with E-state index in [-0.39, 0.29) is 6.04 Å². The Morgan fingerprint density at radius 1 is 1.14 bits per heavy atom. The summed E-state index contributed by atoms with van der Waals surface area (Å²) < 4.78 is 0. The van der Waals surface area contributed by atoms with E-state index < -0.39 is 6.09 Å². The molecule has 114 valence electrons. The molecule has 4 nitrogen and oxygen atoms in total. The topological polar surface area (TPSA) is 52.6 Å². The van der Waals surface area contributed by atoms with Crippen LogP contribution in [0.2, 0.25) is 0 Å². The Hall–Kier alpha value is -2.33. The summed E-state index contributed by atoms with van der Waals surface area (Å²) in [4.78, 5) is 13.2. The van der Waals surface area contributed by atoms with E-state index in [0.29, 0.717) is 6.54 Å². The summed E-state index contributed by atoms with van der Waals surface area (Å²) >= 11 is 0. The van der Waals surface area contributed by atoms with Gasteiger partial charge in [0.15, 0.2) is 0 Å². The van der Waals surface area contributed by atoms with E-state index in [0.717, 1.165) is 36.2 Å². The zero-order valence-electron chi connectivity index (χ0n) is 12.4. The van der Waals surface area contributed by atoms with Crippen molar-refractivity contribution in [1.29, 1.82) is 0 Å². The minimum absolute atomic E-state index is 0.236. The molecule has 0 unspecified atom stereocenters. The molecule has 2 aromatic rings. The van der Waals surface area contributed by atoms with E-state index in [1.807, 2.05) is 54.6 Å². The molecule has 0 bridgehead atoms. The number of carbonyl (C=O) groups is 1. The zero-order chi connectivity index (χ0) is 15.4. The fraction of sp³-hybridized carbons (Fsp3) is 0.278. The predicted molar refractivity (Wildman–Crippen MR) is 88.3 cm³/mol. The number of hydrogen-bond acceptors (Lipinski definition) is 2. The standard InChI is InChI=1S/C18H20N2O2/c21-18(22)20(13-15-9-6-12-19-15)17-11-5-4-10-16(17)14-7-2-1-3-8-14/h1-5,7-8,10-11,15,19H,6,9,12-13H2,(H,21,22)/t15-/m0/s1. The number of anilines is 1. The lowest BCUT2D eigenvalue weighted by Gasteiger charge is -2.25. The van der Waals surface area contributed by atoms with Gasteiger partial charge in [0, 0.05) is 18.2 Å². The third kappa shape index (κ3) is 3.12. The Balaban J connectivity index is 1.95. The lowest BCUT2D eigenvalue weighted by molar-refractivity contribution is 0.201. The molecule has 0 radical (unpaired) electrons. The van der Waals surface area contributed by atoms with Crippen LogP contribution in [0.5, 0.6) is 0 Å². The lowest BCUT2D eigenvalue weighted by Crippen LogP contribution is -2.40. The molecule has 2 aromatic carbocycles. The van der Waals surface area contributed by atoms with Crippen LogP contribution in [0.4, 0.5) is 10.5 Å². The number of nitrogens with one attached hydrogen (secondary N) is 1. The van der Waals surface area contributed by atoms with Crippen molar-refractivity contribution >= 4 is 11.8 Å². The third-order valence-electron chi connectivity index (χ3n) is 4.08. The first-order valence-corrected chi connectivity index (χ1v) is 7.64. The quantitative estimate of drug-likeness (QED) is 0.906. The second-order valence-electron chi connectivity index (χ2n) is 5.57. The maximum atomic E-state index is 11.8. The molecule has 2 N–H and O–H groups in total. The van der Waals surface area contributed by atoms with Crippen molar-refractivity contribution in [3.63, 3.8) is 0 Å². The molecule has 1 saturated heterocycles. The normalized spacial score (nSPS) is 17.4. The van der Waals surface area contributed by atoms with Gasteiger partial charge >= 0.3 is 6.09 Å². The second kappa shape index (κ2) is 6.62. The summed E-state index contributed by atoms with van der Waals surface area (Å²) in [7, 11) is 0. The average molecular weight is 296 g/mol. The first kappa shape index (κ1) is 14.6. The maximum absolute atomic E-state index is 11.8. The van der Waals surface area contributed by atoms with Gasteiger partial charge in [0.25, 0.3) is 0 Å². The van der Waals surface area contributed by atoms with E-state index in [2.05, 4.69) is 5.32 Å². The van der Waals surface area contributed by atoms with Gasteiger partial charge in [-0.2, -0.15) is 0 Å². The summed E-state index contributed by atoms with van der Waals surface area (Å²) in [5.41, 5.74) is 2.72. The molecule has 3 rings (SSSR count). The van der Waals surface area contributed by atoms with Gasteiger partial charge < -0.3 is 10.4 Å². The summed E-state index contributed by atoms with van der Waals surface area (Å²) in [6.07, 6.45) is 1.23. The Morgan fingerprint density at radius 3 is 2.55 bits per heavy atom. The highest BCUT2D eigenvalue weighted by Crippen LogP contribution is 2.31. The van der Waals surface area contributed by atoms with Crippen molar-refractivity contribution in [1.82, 2.24) is 5.32 Å². The molecule has 1 fully saturated rings. The average Bonchev–Trinajstić information content (AvgIpc) is 3.06. The van der Waals surface area contributed by atoms with Crippen LogP contribution >= 0.6 is 0 Å². The van der Waals surface area contributed by atoms with Crippen molar-refractivity contribution in [2.45, 2.75) is 18.9 Å². The van der Waals surface area contributed by atoms with E-state index >= 15 is 0 Å². The fourth-order valence-electron chi connectivity index (χ4n) is 2.98. The van der Waals surface area contributed by atoms with Gasteiger partial charge in [-0.05, 0) is 31.0 Å². The number of carboxylic acid groups (broad SMARTS) is 1. The monoisotopic (exact) mass is 296 g/mol. The van der Waals surface area contributed by atoms with E-state index in [1.165, 1.54) is 4.90 Å². The number of benzene rings is 2. The Morgan fingerprint density at radius 2 is 1.86 bits per heavy atom. The van der Waals surface area contributed by atoms with Crippen LogP contribution in [0.1, 0.15) is 12.8 Å². The number of para-hydroxylation sites is 1. The van der Waals surface area contributed by atoms with Crippen LogP contribution in [0, 0.1) is 0 Å². The smallest absolute Gasteiger partial charge is 0.411 e. The minimum Gasteiger partial charge on any atom is -0.465 e. The summed E-state index contributed by atoms with van der Waals surface area (Å²) in [6, 6.07) is 17.8. The van der Waals surface area contributed by atoms with Crippen LogP contribution in [0.15, 0.2) is 54.6 Å². The maximum Gasteiger partial charge on any atom is 0.411 e. The number of amides is 1. The molecule has 1 atom stereocenters. The molecule has 0 aliphatic carbocycles. The molecule has 0 aromatic heterocycles. The van der Waals surface area contributed by atoms with E-state index in [9.17, 15) is 9.90 Å². The van der Waals surface area contributed by atoms with E-state index in [4.69, 9.17) is 0 Å². The van der Waals surface area contributed by atoms with Crippen LogP contribution in [0.3, 0.4) is 0 Å². The molecule has 1 aliphatic heterocycles. The van der Waals surface area contributed by atoms with E-state index in [1.54, 1.807) is 0 Å². The Kier molecular flexibility index (Phi) is 4.39. The number of rotatable bonds is 4. The molecule has 1 aliphatic rings. The van der Waals surface area contributed by atoms with Crippen LogP contribution in [0.25, 0.3) is 11.1 Å². The lowest BCUT2D eigenvalue weighted by atomic mass is 10.0. The van der Waals surface area contributed by atoms with Gasteiger partial charge in [0.1, 0.15) is 0 Å².